The summed E-state index contributed by atoms with van der Waals surface area (Å²) in [5, 5.41) is 0. The van der Waals surface area contributed by atoms with Gasteiger partial charge >= 0.3 is 0 Å². The Kier molecular flexibility index (Phi) is 4.32. The molecule has 0 fully saturated rings. The average molecular weight is 321 g/mol. The van der Waals surface area contributed by atoms with Gasteiger partial charge in [-0.05, 0) is 18.6 Å². The van der Waals surface area contributed by atoms with Crippen LogP contribution in [0.25, 0.3) is 0 Å². The van der Waals surface area contributed by atoms with Crippen molar-refractivity contribution < 1.29 is 22.4 Å². The number of thiol groups is 1. The van der Waals surface area contributed by atoms with Crippen molar-refractivity contribution in [1.82, 2.24) is 0 Å². The molecule has 0 amide bonds. The van der Waals surface area contributed by atoms with Gasteiger partial charge in [0.2, 0.25) is 0 Å². The molecule has 1 radical (unpaired) electrons. The van der Waals surface area contributed by atoms with Gasteiger partial charge in [-0.1, -0.05) is 18.2 Å². The van der Waals surface area contributed by atoms with Crippen LogP contribution in [0.2, 0.25) is 0 Å². The minimum absolute atomic E-state index is 0. The first-order valence-electron chi connectivity index (χ1n) is 2.55. The van der Waals surface area contributed by atoms with Crippen molar-refractivity contribution in [3.8, 4) is 0 Å². The van der Waals surface area contributed by atoms with Gasteiger partial charge in [0.1, 0.15) is 0 Å². The van der Waals surface area contributed by atoms with E-state index in [2.05, 4.69) is 12.6 Å². The van der Waals surface area contributed by atoms with Crippen LogP contribution in [0.15, 0.2) is 29.2 Å². The third kappa shape index (κ3) is 2.59. The van der Waals surface area contributed by atoms with Gasteiger partial charge < -0.3 is 0 Å². The summed E-state index contributed by atoms with van der Waals surface area (Å²) >= 11 is 4.20. The van der Waals surface area contributed by atoms with Crippen LogP contribution in [0.4, 0.5) is 0 Å². The molecule has 53 valence electrons. The average Bonchev–Trinajstić information content (AvgIpc) is 1.77. The summed E-state index contributed by atoms with van der Waals surface area (Å²) < 4.78 is 0. The maximum Gasteiger partial charge on any atom is 0.00692 e. The molecule has 0 saturated heterocycles. The molecule has 0 aliphatic carbocycles. The maximum absolute atomic E-state index is 4.20. The Morgan fingerprint density at radius 2 is 1.78 bits per heavy atom. The van der Waals surface area contributed by atoms with Crippen LogP contribution in [0.1, 0.15) is 5.56 Å². The van der Waals surface area contributed by atoms with Gasteiger partial charge in [-0.15, -0.1) is 12.6 Å². The molecule has 1 rings (SSSR count). The molecule has 0 spiro atoms. The van der Waals surface area contributed by atoms with E-state index in [1.54, 1.807) is 0 Å². The van der Waals surface area contributed by atoms with Gasteiger partial charge in [-0.3, -0.25) is 0 Å². The molecule has 0 aliphatic rings. The van der Waals surface area contributed by atoms with Crippen LogP contribution in [0, 0.1) is 6.92 Å². The molecular weight excluding hydrogens is 313 g/mol. The van der Waals surface area contributed by atoms with Gasteiger partial charge in [-0.2, -0.15) is 0 Å². The summed E-state index contributed by atoms with van der Waals surface area (Å²) in [6.45, 7) is 2.04. The largest absolute Gasteiger partial charge is 0.143 e. The molecule has 0 nitrogen and oxygen atoms in total. The zero-order valence-corrected chi connectivity index (χ0v) is 8.12. The van der Waals surface area contributed by atoms with Gasteiger partial charge in [0, 0.05) is 27.3 Å². The standard InChI is InChI=1S/C7H8S.Au/c1-6-4-2-3-5-7(6)8;/h2-5,8H,1H3;. The van der Waals surface area contributed by atoms with Gasteiger partial charge in [0.05, 0.1) is 0 Å². The van der Waals surface area contributed by atoms with Crippen molar-refractivity contribution in [3.05, 3.63) is 29.8 Å². The van der Waals surface area contributed by atoms with Crippen LogP contribution in [-0.2, 0) is 22.4 Å². The van der Waals surface area contributed by atoms with Crippen LogP contribution < -0.4 is 0 Å². The quantitative estimate of drug-likeness (QED) is 0.550. The zero-order valence-electron chi connectivity index (χ0n) is 5.06. The van der Waals surface area contributed by atoms with E-state index in [1.165, 1.54) is 5.56 Å². The van der Waals surface area contributed by atoms with Crippen LogP contribution in [0.5, 0.6) is 0 Å². The second-order valence-corrected chi connectivity index (χ2v) is 2.27. The molecule has 0 bridgehead atoms. The topological polar surface area (TPSA) is 0 Å². The molecule has 0 aromatic heterocycles. The third-order valence-electron chi connectivity index (χ3n) is 1.12. The van der Waals surface area contributed by atoms with Gasteiger partial charge in [-0.25, -0.2) is 0 Å². The summed E-state index contributed by atoms with van der Waals surface area (Å²) in [4.78, 5) is 1.06. The fourth-order valence-electron chi connectivity index (χ4n) is 0.563. The molecule has 1 aromatic rings. The molecule has 0 saturated carbocycles. The second kappa shape index (κ2) is 4.18. The molecule has 1 aromatic carbocycles. The van der Waals surface area contributed by atoms with Crippen molar-refractivity contribution in [3.63, 3.8) is 0 Å². The van der Waals surface area contributed by atoms with Crippen molar-refractivity contribution in [2.24, 2.45) is 0 Å². The van der Waals surface area contributed by atoms with Crippen LogP contribution in [0.3, 0.4) is 0 Å². The van der Waals surface area contributed by atoms with Crippen molar-refractivity contribution in [2.45, 2.75) is 11.8 Å². The Morgan fingerprint density at radius 3 is 2.11 bits per heavy atom. The van der Waals surface area contributed by atoms with Crippen LogP contribution in [-0.4, -0.2) is 0 Å². The number of aryl methyl sites for hydroxylation is 1. The predicted molar refractivity (Wildman–Crippen MR) is 38.4 cm³/mol. The van der Waals surface area contributed by atoms with Crippen molar-refractivity contribution >= 4 is 12.6 Å². The Bertz CT molecular complexity index is 165. The van der Waals surface area contributed by atoms with Gasteiger partial charge in [0.25, 0.3) is 0 Å². The van der Waals surface area contributed by atoms with Crippen LogP contribution >= 0.6 is 12.6 Å². The molecule has 9 heavy (non-hydrogen) atoms. The van der Waals surface area contributed by atoms with E-state index in [9.17, 15) is 0 Å². The smallest absolute Gasteiger partial charge is 0.00692 e. The molecule has 0 aliphatic heterocycles. The summed E-state index contributed by atoms with van der Waals surface area (Å²) in [5.74, 6) is 0. The summed E-state index contributed by atoms with van der Waals surface area (Å²) in [6, 6.07) is 8.02. The zero-order chi connectivity index (χ0) is 5.98. The first-order chi connectivity index (χ1) is 3.80. The summed E-state index contributed by atoms with van der Waals surface area (Å²) in [7, 11) is 0. The van der Waals surface area contributed by atoms with E-state index in [0.29, 0.717) is 0 Å². The molecule has 0 atom stereocenters. The number of rotatable bonds is 0. The molecule has 0 heterocycles. The first kappa shape index (κ1) is 9.31. The Morgan fingerprint density at radius 1 is 1.22 bits per heavy atom. The first-order valence-corrected chi connectivity index (χ1v) is 3.00. The summed E-state index contributed by atoms with van der Waals surface area (Å²) in [5.41, 5.74) is 1.23. The van der Waals surface area contributed by atoms with E-state index >= 15 is 0 Å². The van der Waals surface area contributed by atoms with E-state index in [1.807, 2.05) is 31.2 Å². The van der Waals surface area contributed by atoms with Crippen molar-refractivity contribution in [1.29, 1.82) is 0 Å². The molecule has 0 unspecified atom stereocenters. The molecular formula is C7H8AuS. The van der Waals surface area contributed by atoms with Crippen molar-refractivity contribution in [2.75, 3.05) is 0 Å². The normalized spacial score (nSPS) is 8.22. The maximum atomic E-state index is 4.20. The molecule has 0 N–H and O–H groups in total. The van der Waals surface area contributed by atoms with E-state index in [4.69, 9.17) is 0 Å². The fraction of sp³-hybridized carbons (Fsp3) is 0.143. The third-order valence-corrected chi connectivity index (χ3v) is 1.62. The van der Waals surface area contributed by atoms with E-state index < -0.39 is 0 Å². The van der Waals surface area contributed by atoms with Gasteiger partial charge in [0.15, 0.2) is 0 Å². The minimum atomic E-state index is 0. The second-order valence-electron chi connectivity index (χ2n) is 1.79. The Hall–Kier alpha value is 0.310. The SMILES string of the molecule is Cc1ccccc1S.[Au]. The number of hydrogen-bond donors (Lipinski definition) is 1. The van der Waals surface area contributed by atoms with E-state index in [0.717, 1.165) is 4.90 Å². The Labute approximate surface area is 76.6 Å². The Balaban J connectivity index is 0.000000640. The molecule has 2 heteroatoms. The predicted octanol–water partition coefficient (Wildman–Crippen LogP) is 2.28. The fourth-order valence-corrected chi connectivity index (χ4v) is 0.724. The minimum Gasteiger partial charge on any atom is -0.143 e. The number of benzene rings is 1. The van der Waals surface area contributed by atoms with E-state index in [-0.39, 0.29) is 22.4 Å². The number of hydrogen-bond acceptors (Lipinski definition) is 1. The monoisotopic (exact) mass is 321 g/mol. The summed E-state index contributed by atoms with van der Waals surface area (Å²) in [6.07, 6.45) is 0.